The van der Waals surface area contributed by atoms with Crippen molar-refractivity contribution in [2.75, 3.05) is 0 Å². The van der Waals surface area contributed by atoms with E-state index in [1.165, 1.54) is 9.35 Å². The molecule has 3 heteroatoms. The maximum atomic E-state index is 3.38. The Hall–Kier alpha value is 0.140. The number of thiophene rings is 1. The molecule has 0 atom stereocenters. The zero-order valence-electron chi connectivity index (χ0n) is 5.36. The summed E-state index contributed by atoms with van der Waals surface area (Å²) < 4.78 is 1.21. The van der Waals surface area contributed by atoms with E-state index in [-0.39, 0.29) is 6.15 Å². The fourth-order valence-electron chi connectivity index (χ4n) is 0.539. The Bertz CT molecular complexity index is 173. The molecule has 0 saturated heterocycles. The van der Waals surface area contributed by atoms with Gasteiger partial charge in [-0.15, -0.1) is 11.3 Å². The van der Waals surface area contributed by atoms with Crippen LogP contribution in [0.15, 0.2) is 15.9 Å². The average Bonchev–Trinajstić information content (AvgIpc) is 2.14. The minimum atomic E-state index is 0. The van der Waals surface area contributed by atoms with Crippen LogP contribution in [0, 0.1) is 0 Å². The van der Waals surface area contributed by atoms with Crippen molar-refractivity contribution in [3.05, 3.63) is 20.8 Å². The third-order valence-corrected chi connectivity index (χ3v) is 2.81. The molecular weight excluding hydrogens is 198 g/mol. The van der Waals surface area contributed by atoms with Gasteiger partial charge < -0.3 is 6.15 Å². The maximum Gasteiger partial charge on any atom is 0.0285 e. The second-order valence-corrected chi connectivity index (χ2v) is 3.50. The molecule has 0 bridgehead atoms. The van der Waals surface area contributed by atoms with Crippen molar-refractivity contribution in [2.45, 2.75) is 13.3 Å². The second-order valence-electron chi connectivity index (χ2n) is 1.58. The van der Waals surface area contributed by atoms with Gasteiger partial charge in [0.15, 0.2) is 0 Å². The Morgan fingerprint density at radius 1 is 1.67 bits per heavy atom. The van der Waals surface area contributed by atoms with Crippen LogP contribution < -0.4 is 6.15 Å². The van der Waals surface area contributed by atoms with E-state index in [9.17, 15) is 0 Å². The number of aryl methyl sites for hydroxylation is 1. The number of hydrogen-bond donors (Lipinski definition) is 1. The lowest BCUT2D eigenvalue weighted by Crippen LogP contribution is -1.64. The zero-order valence-corrected chi connectivity index (χ0v) is 7.76. The van der Waals surface area contributed by atoms with E-state index in [1.807, 2.05) is 0 Å². The molecule has 0 fully saturated rings. The predicted molar refractivity (Wildman–Crippen MR) is 46.4 cm³/mol. The van der Waals surface area contributed by atoms with E-state index in [4.69, 9.17) is 0 Å². The largest absolute Gasteiger partial charge is 0.344 e. The number of halogens is 1. The van der Waals surface area contributed by atoms with Crippen LogP contribution in [0.5, 0.6) is 0 Å². The van der Waals surface area contributed by atoms with Crippen LogP contribution in [0.1, 0.15) is 11.8 Å². The standard InChI is InChI=1S/C6H7BrS.H3N/c1-2-6-3-5(7)4-8-6;/h3-4H,2H2,1H3;1H3. The van der Waals surface area contributed by atoms with Gasteiger partial charge >= 0.3 is 0 Å². The first-order valence-electron chi connectivity index (χ1n) is 2.56. The summed E-state index contributed by atoms with van der Waals surface area (Å²) in [4.78, 5) is 1.44. The van der Waals surface area contributed by atoms with Crippen molar-refractivity contribution in [3.8, 4) is 0 Å². The molecule has 0 amide bonds. The van der Waals surface area contributed by atoms with Crippen molar-refractivity contribution in [1.29, 1.82) is 0 Å². The van der Waals surface area contributed by atoms with E-state index in [2.05, 4.69) is 34.3 Å². The molecule has 1 aromatic heterocycles. The van der Waals surface area contributed by atoms with Gasteiger partial charge in [0.05, 0.1) is 0 Å². The Labute approximate surface area is 67.8 Å². The molecule has 1 nitrogen and oxygen atoms in total. The third kappa shape index (κ3) is 2.47. The molecule has 0 unspecified atom stereocenters. The first kappa shape index (κ1) is 9.14. The minimum absolute atomic E-state index is 0. The van der Waals surface area contributed by atoms with Gasteiger partial charge in [-0.1, -0.05) is 6.92 Å². The van der Waals surface area contributed by atoms with Gasteiger partial charge in [0, 0.05) is 14.7 Å². The van der Waals surface area contributed by atoms with Crippen LogP contribution in [0.2, 0.25) is 0 Å². The SMILES string of the molecule is CCc1cc(Br)cs1.N. The first-order valence-corrected chi connectivity index (χ1v) is 4.23. The molecule has 1 rings (SSSR count). The Morgan fingerprint density at radius 3 is 2.56 bits per heavy atom. The highest BCUT2D eigenvalue weighted by atomic mass is 79.9. The van der Waals surface area contributed by atoms with E-state index < -0.39 is 0 Å². The lowest BCUT2D eigenvalue weighted by molar-refractivity contribution is 1.18. The van der Waals surface area contributed by atoms with Crippen LogP contribution >= 0.6 is 27.3 Å². The summed E-state index contributed by atoms with van der Waals surface area (Å²) in [5.41, 5.74) is 0. The molecular formula is C6H10BrNS. The van der Waals surface area contributed by atoms with Crippen molar-refractivity contribution in [3.63, 3.8) is 0 Å². The lowest BCUT2D eigenvalue weighted by atomic mass is 10.4. The highest BCUT2D eigenvalue weighted by Crippen LogP contribution is 2.19. The molecule has 0 aliphatic heterocycles. The van der Waals surface area contributed by atoms with Crippen molar-refractivity contribution in [1.82, 2.24) is 6.15 Å². The summed E-state index contributed by atoms with van der Waals surface area (Å²) in [6.45, 7) is 2.16. The molecule has 0 spiro atoms. The van der Waals surface area contributed by atoms with Crippen molar-refractivity contribution >= 4 is 27.3 Å². The molecule has 1 heterocycles. The highest BCUT2D eigenvalue weighted by Gasteiger charge is 1.90. The van der Waals surface area contributed by atoms with Crippen LogP contribution in [0.3, 0.4) is 0 Å². The Morgan fingerprint density at radius 2 is 2.33 bits per heavy atom. The first-order chi connectivity index (χ1) is 3.83. The van der Waals surface area contributed by atoms with Gasteiger partial charge in [-0.3, -0.25) is 0 Å². The van der Waals surface area contributed by atoms with E-state index in [0.717, 1.165) is 6.42 Å². The van der Waals surface area contributed by atoms with E-state index in [1.54, 1.807) is 11.3 Å². The van der Waals surface area contributed by atoms with Crippen molar-refractivity contribution in [2.24, 2.45) is 0 Å². The minimum Gasteiger partial charge on any atom is -0.344 e. The summed E-state index contributed by atoms with van der Waals surface area (Å²) >= 11 is 5.19. The molecule has 0 aliphatic carbocycles. The molecule has 0 aliphatic rings. The maximum absolute atomic E-state index is 3.38. The van der Waals surface area contributed by atoms with Gasteiger partial charge in [-0.2, -0.15) is 0 Å². The van der Waals surface area contributed by atoms with E-state index >= 15 is 0 Å². The molecule has 3 N–H and O–H groups in total. The van der Waals surface area contributed by atoms with Gasteiger partial charge in [-0.25, -0.2) is 0 Å². The second kappa shape index (κ2) is 4.04. The Balaban J connectivity index is 0.000000640. The molecule has 52 valence electrons. The smallest absolute Gasteiger partial charge is 0.0285 e. The number of hydrogen-bond acceptors (Lipinski definition) is 2. The zero-order chi connectivity index (χ0) is 5.98. The summed E-state index contributed by atoms with van der Waals surface area (Å²) in [5, 5.41) is 2.11. The predicted octanol–water partition coefficient (Wildman–Crippen LogP) is 3.24. The van der Waals surface area contributed by atoms with Gasteiger partial charge in [0.25, 0.3) is 0 Å². The summed E-state index contributed by atoms with van der Waals surface area (Å²) in [6, 6.07) is 2.16. The Kier molecular flexibility index (Phi) is 4.10. The lowest BCUT2D eigenvalue weighted by Gasteiger charge is -1.79. The fourth-order valence-corrected chi connectivity index (χ4v) is 1.94. The molecule has 0 aromatic carbocycles. The topological polar surface area (TPSA) is 35.0 Å². The monoisotopic (exact) mass is 207 g/mol. The van der Waals surface area contributed by atoms with Crippen LogP contribution in [-0.2, 0) is 6.42 Å². The summed E-state index contributed by atoms with van der Waals surface area (Å²) in [5.74, 6) is 0. The van der Waals surface area contributed by atoms with Gasteiger partial charge in [-0.05, 0) is 28.4 Å². The van der Waals surface area contributed by atoms with Crippen LogP contribution in [0.4, 0.5) is 0 Å². The van der Waals surface area contributed by atoms with E-state index in [0.29, 0.717) is 0 Å². The molecule has 0 radical (unpaired) electrons. The quantitative estimate of drug-likeness (QED) is 0.755. The summed E-state index contributed by atoms with van der Waals surface area (Å²) in [6.07, 6.45) is 1.15. The van der Waals surface area contributed by atoms with Crippen LogP contribution in [-0.4, -0.2) is 0 Å². The highest BCUT2D eigenvalue weighted by molar-refractivity contribution is 9.10. The average molecular weight is 208 g/mol. The van der Waals surface area contributed by atoms with Crippen LogP contribution in [0.25, 0.3) is 0 Å². The molecule has 0 saturated carbocycles. The molecule has 1 aromatic rings. The van der Waals surface area contributed by atoms with Gasteiger partial charge in [0.1, 0.15) is 0 Å². The van der Waals surface area contributed by atoms with Crippen molar-refractivity contribution < 1.29 is 0 Å². The fraction of sp³-hybridized carbons (Fsp3) is 0.333. The van der Waals surface area contributed by atoms with Gasteiger partial charge in [0.2, 0.25) is 0 Å². The summed E-state index contributed by atoms with van der Waals surface area (Å²) in [7, 11) is 0. The number of rotatable bonds is 1. The molecule has 9 heavy (non-hydrogen) atoms. The normalized spacial score (nSPS) is 8.67. The third-order valence-electron chi connectivity index (χ3n) is 0.970.